The predicted octanol–water partition coefficient (Wildman–Crippen LogP) is 3.76. The van der Waals surface area contributed by atoms with Gasteiger partial charge in [0.25, 0.3) is 5.91 Å². The number of amides is 1. The Morgan fingerprint density at radius 1 is 1.26 bits per heavy atom. The lowest BCUT2D eigenvalue weighted by Crippen LogP contribution is -2.44. The summed E-state index contributed by atoms with van der Waals surface area (Å²) in [7, 11) is 0. The van der Waals surface area contributed by atoms with Gasteiger partial charge in [0.05, 0.1) is 5.92 Å². The standard InChI is InChI=1S/C16H15F3N2O2/c17-16(18,19)12-7-4-8-21(10-12)15(22)14-9-13(20-23-14)11-5-2-1-3-6-11/h1-3,5-6,9,12H,4,7-8,10H2. The maximum atomic E-state index is 12.8. The Balaban J connectivity index is 1.75. The summed E-state index contributed by atoms with van der Waals surface area (Å²) in [5, 5.41) is 3.83. The zero-order valence-electron chi connectivity index (χ0n) is 12.2. The Hall–Kier alpha value is -2.31. The van der Waals surface area contributed by atoms with Crippen molar-refractivity contribution < 1.29 is 22.5 Å². The molecule has 0 N–H and O–H groups in total. The number of halogens is 3. The number of rotatable bonds is 2. The van der Waals surface area contributed by atoms with Crippen molar-refractivity contribution in [3.8, 4) is 11.3 Å². The minimum Gasteiger partial charge on any atom is -0.350 e. The van der Waals surface area contributed by atoms with E-state index >= 15 is 0 Å². The van der Waals surface area contributed by atoms with Crippen LogP contribution in [-0.2, 0) is 0 Å². The zero-order valence-corrected chi connectivity index (χ0v) is 12.2. The third kappa shape index (κ3) is 3.38. The van der Waals surface area contributed by atoms with Crippen LogP contribution >= 0.6 is 0 Å². The third-order valence-electron chi connectivity index (χ3n) is 3.96. The largest absolute Gasteiger partial charge is 0.393 e. The van der Waals surface area contributed by atoms with Crippen molar-refractivity contribution in [1.82, 2.24) is 10.1 Å². The van der Waals surface area contributed by atoms with Crippen molar-refractivity contribution >= 4 is 5.91 Å². The first kappa shape index (κ1) is 15.6. The Morgan fingerprint density at radius 3 is 2.70 bits per heavy atom. The van der Waals surface area contributed by atoms with Gasteiger partial charge in [0.2, 0.25) is 5.76 Å². The van der Waals surface area contributed by atoms with E-state index < -0.39 is 18.0 Å². The fourth-order valence-corrected chi connectivity index (χ4v) is 2.71. The second-order valence-corrected chi connectivity index (χ2v) is 5.57. The number of carbonyl (C=O) groups excluding carboxylic acids is 1. The number of benzene rings is 1. The van der Waals surface area contributed by atoms with Crippen LogP contribution in [0.5, 0.6) is 0 Å². The molecule has 122 valence electrons. The number of carbonyl (C=O) groups is 1. The predicted molar refractivity (Wildman–Crippen MR) is 76.6 cm³/mol. The molecule has 1 aromatic carbocycles. The number of hydrogen-bond donors (Lipinski definition) is 0. The summed E-state index contributed by atoms with van der Waals surface area (Å²) >= 11 is 0. The Bertz CT molecular complexity index is 682. The van der Waals surface area contributed by atoms with Gasteiger partial charge in [0.1, 0.15) is 5.69 Å². The van der Waals surface area contributed by atoms with Crippen LogP contribution in [0.2, 0.25) is 0 Å². The molecule has 1 unspecified atom stereocenters. The second kappa shape index (κ2) is 6.06. The molecule has 23 heavy (non-hydrogen) atoms. The van der Waals surface area contributed by atoms with Gasteiger partial charge in [-0.1, -0.05) is 35.5 Å². The highest BCUT2D eigenvalue weighted by molar-refractivity contribution is 5.92. The van der Waals surface area contributed by atoms with E-state index in [9.17, 15) is 18.0 Å². The lowest BCUT2D eigenvalue weighted by molar-refractivity contribution is -0.184. The molecule has 7 heteroatoms. The van der Waals surface area contributed by atoms with Crippen molar-refractivity contribution in [2.45, 2.75) is 19.0 Å². The summed E-state index contributed by atoms with van der Waals surface area (Å²) in [4.78, 5) is 13.5. The highest BCUT2D eigenvalue weighted by atomic mass is 19.4. The number of aromatic nitrogens is 1. The molecule has 2 heterocycles. The van der Waals surface area contributed by atoms with Gasteiger partial charge >= 0.3 is 6.18 Å². The van der Waals surface area contributed by atoms with Crippen molar-refractivity contribution in [2.75, 3.05) is 13.1 Å². The van der Waals surface area contributed by atoms with Gasteiger partial charge in [-0.2, -0.15) is 13.2 Å². The topological polar surface area (TPSA) is 46.3 Å². The number of nitrogens with zero attached hydrogens (tertiary/aromatic N) is 2. The van der Waals surface area contributed by atoms with E-state index in [1.54, 1.807) is 0 Å². The molecular formula is C16H15F3N2O2. The van der Waals surface area contributed by atoms with Crippen molar-refractivity contribution in [2.24, 2.45) is 5.92 Å². The number of piperidine rings is 1. The van der Waals surface area contributed by atoms with Gasteiger partial charge in [-0.25, -0.2) is 0 Å². The molecule has 3 rings (SSSR count). The lowest BCUT2D eigenvalue weighted by atomic mass is 9.97. The Kier molecular flexibility index (Phi) is 4.11. The molecule has 1 saturated heterocycles. The van der Waals surface area contributed by atoms with Gasteiger partial charge in [-0.15, -0.1) is 0 Å². The monoisotopic (exact) mass is 324 g/mol. The first-order chi connectivity index (χ1) is 10.9. The van der Waals surface area contributed by atoms with Crippen LogP contribution in [0.15, 0.2) is 40.9 Å². The van der Waals surface area contributed by atoms with E-state index in [-0.39, 0.29) is 18.7 Å². The highest BCUT2D eigenvalue weighted by Gasteiger charge is 2.43. The first-order valence-electron chi connectivity index (χ1n) is 7.33. The molecule has 1 atom stereocenters. The maximum absolute atomic E-state index is 12.8. The summed E-state index contributed by atoms with van der Waals surface area (Å²) in [6.07, 6.45) is -3.90. The molecule has 0 spiro atoms. The van der Waals surface area contributed by atoms with E-state index in [1.807, 2.05) is 30.3 Å². The molecule has 0 aliphatic carbocycles. The minimum atomic E-state index is -4.28. The van der Waals surface area contributed by atoms with E-state index in [1.165, 1.54) is 11.0 Å². The number of hydrogen-bond acceptors (Lipinski definition) is 3. The molecular weight excluding hydrogens is 309 g/mol. The van der Waals surface area contributed by atoms with Crippen LogP contribution in [-0.4, -0.2) is 35.2 Å². The van der Waals surface area contributed by atoms with Crippen LogP contribution in [0.1, 0.15) is 23.4 Å². The molecule has 2 aromatic rings. The fourth-order valence-electron chi connectivity index (χ4n) is 2.71. The van der Waals surface area contributed by atoms with E-state index in [4.69, 9.17) is 4.52 Å². The molecule has 1 aromatic heterocycles. The van der Waals surface area contributed by atoms with Gasteiger partial charge in [0.15, 0.2) is 0 Å². The molecule has 1 aliphatic rings. The van der Waals surface area contributed by atoms with Crippen molar-refractivity contribution in [3.63, 3.8) is 0 Å². The third-order valence-corrected chi connectivity index (χ3v) is 3.96. The summed E-state index contributed by atoms with van der Waals surface area (Å²) in [6, 6.07) is 10.6. The molecule has 1 amide bonds. The normalized spacial score (nSPS) is 18.9. The van der Waals surface area contributed by atoms with Crippen LogP contribution in [0, 0.1) is 5.92 Å². The second-order valence-electron chi connectivity index (χ2n) is 5.57. The minimum absolute atomic E-state index is 0.0355. The molecule has 0 saturated carbocycles. The average molecular weight is 324 g/mol. The van der Waals surface area contributed by atoms with E-state index in [2.05, 4.69) is 5.16 Å². The fraction of sp³-hybridized carbons (Fsp3) is 0.375. The number of likely N-dealkylation sites (tertiary alicyclic amines) is 1. The van der Waals surface area contributed by atoms with Crippen LogP contribution < -0.4 is 0 Å². The van der Waals surface area contributed by atoms with Crippen LogP contribution in [0.25, 0.3) is 11.3 Å². The zero-order chi connectivity index (χ0) is 16.4. The molecule has 4 nitrogen and oxygen atoms in total. The van der Waals surface area contributed by atoms with Gasteiger partial charge in [-0.05, 0) is 12.8 Å². The molecule has 0 bridgehead atoms. The summed E-state index contributed by atoms with van der Waals surface area (Å²) in [5.41, 5.74) is 1.26. The summed E-state index contributed by atoms with van der Waals surface area (Å²) < 4.78 is 43.5. The SMILES string of the molecule is O=C(c1cc(-c2ccccc2)no1)N1CCCC(C(F)(F)F)C1. The van der Waals surface area contributed by atoms with E-state index in [0.29, 0.717) is 18.7 Å². The van der Waals surface area contributed by atoms with E-state index in [0.717, 1.165) is 5.56 Å². The molecule has 1 aliphatic heterocycles. The number of alkyl halides is 3. The Labute approximate surface area is 130 Å². The highest BCUT2D eigenvalue weighted by Crippen LogP contribution is 2.33. The summed E-state index contributed by atoms with van der Waals surface area (Å²) in [6.45, 7) is -0.0313. The molecule has 1 fully saturated rings. The maximum Gasteiger partial charge on any atom is 0.393 e. The van der Waals surface area contributed by atoms with Crippen molar-refractivity contribution in [1.29, 1.82) is 0 Å². The van der Waals surface area contributed by atoms with Gasteiger partial charge in [-0.3, -0.25) is 4.79 Å². The van der Waals surface area contributed by atoms with Gasteiger partial charge in [0, 0.05) is 24.7 Å². The van der Waals surface area contributed by atoms with Crippen molar-refractivity contribution in [3.05, 3.63) is 42.2 Å². The molecule has 0 radical (unpaired) electrons. The van der Waals surface area contributed by atoms with Crippen LogP contribution in [0.3, 0.4) is 0 Å². The quantitative estimate of drug-likeness (QED) is 0.845. The first-order valence-corrected chi connectivity index (χ1v) is 7.33. The lowest BCUT2D eigenvalue weighted by Gasteiger charge is -2.33. The smallest absolute Gasteiger partial charge is 0.350 e. The van der Waals surface area contributed by atoms with Gasteiger partial charge < -0.3 is 9.42 Å². The summed E-state index contributed by atoms with van der Waals surface area (Å²) in [5.74, 6) is -2.06. The average Bonchev–Trinajstić information content (AvgIpc) is 3.04. The van der Waals surface area contributed by atoms with Crippen LogP contribution in [0.4, 0.5) is 13.2 Å². The Morgan fingerprint density at radius 2 is 2.00 bits per heavy atom.